The van der Waals surface area contributed by atoms with Crippen molar-refractivity contribution in [2.45, 2.75) is 32.4 Å². The van der Waals surface area contributed by atoms with Crippen molar-refractivity contribution in [1.82, 2.24) is 14.3 Å². The Morgan fingerprint density at radius 1 is 1.69 bits per heavy atom. The molecule has 1 aromatic rings. The van der Waals surface area contributed by atoms with Gasteiger partial charge in [0.2, 0.25) is 0 Å². The molecule has 13 heavy (non-hydrogen) atoms. The summed E-state index contributed by atoms with van der Waals surface area (Å²) in [6, 6.07) is -0.228. The summed E-state index contributed by atoms with van der Waals surface area (Å²) in [6.07, 6.45) is 1.58. The highest BCUT2D eigenvalue weighted by Gasteiger charge is 2.18. The Hall–Kier alpha value is -1.10. The van der Waals surface area contributed by atoms with E-state index in [1.807, 2.05) is 6.92 Å². The summed E-state index contributed by atoms with van der Waals surface area (Å²) >= 11 is 0. The minimum absolute atomic E-state index is 0.187. The number of hydrogen-bond acceptors (Lipinski definition) is 3. The molecule has 1 rings (SSSR count). The second-order valence-electron chi connectivity index (χ2n) is 3.19. The third-order valence-corrected chi connectivity index (χ3v) is 2.14. The summed E-state index contributed by atoms with van der Waals surface area (Å²) in [6.45, 7) is 3.58. The Labute approximate surface area is 76.6 Å². The van der Waals surface area contributed by atoms with Gasteiger partial charge in [-0.25, -0.2) is 9.48 Å². The van der Waals surface area contributed by atoms with E-state index in [1.165, 1.54) is 15.6 Å². The predicted molar refractivity (Wildman–Crippen MR) is 48.5 cm³/mol. The minimum Gasteiger partial charge on any atom is -0.391 e. The molecule has 0 saturated carbocycles. The van der Waals surface area contributed by atoms with Gasteiger partial charge in [-0.3, -0.25) is 4.57 Å². The van der Waals surface area contributed by atoms with E-state index < -0.39 is 6.10 Å². The van der Waals surface area contributed by atoms with Crippen molar-refractivity contribution in [3.8, 4) is 0 Å². The molecule has 1 N–H and O–H groups in total. The molecule has 5 heteroatoms. The molecule has 5 nitrogen and oxygen atoms in total. The van der Waals surface area contributed by atoms with Gasteiger partial charge in [-0.2, -0.15) is 5.10 Å². The predicted octanol–water partition coefficient (Wildman–Crippen LogP) is -0.0863. The highest BCUT2D eigenvalue weighted by molar-refractivity contribution is 4.75. The standard InChI is InChI=1S/C8H15N3O2/c1-4-7(6(2)12)11-8(13)10(3)5-9-11/h5-7,12H,4H2,1-3H3/t6-,7+/m1/s1. The van der Waals surface area contributed by atoms with E-state index in [4.69, 9.17) is 0 Å². The van der Waals surface area contributed by atoms with E-state index in [9.17, 15) is 9.90 Å². The number of aliphatic hydroxyl groups excluding tert-OH is 1. The highest BCUT2D eigenvalue weighted by Crippen LogP contribution is 2.11. The zero-order chi connectivity index (χ0) is 10.0. The van der Waals surface area contributed by atoms with Crippen molar-refractivity contribution in [2.24, 2.45) is 7.05 Å². The largest absolute Gasteiger partial charge is 0.391 e. The van der Waals surface area contributed by atoms with Crippen molar-refractivity contribution in [3.05, 3.63) is 16.8 Å². The third-order valence-electron chi connectivity index (χ3n) is 2.14. The second-order valence-corrected chi connectivity index (χ2v) is 3.19. The van der Waals surface area contributed by atoms with Gasteiger partial charge in [0.25, 0.3) is 0 Å². The van der Waals surface area contributed by atoms with Gasteiger partial charge >= 0.3 is 5.69 Å². The quantitative estimate of drug-likeness (QED) is 0.716. The van der Waals surface area contributed by atoms with Crippen molar-refractivity contribution < 1.29 is 5.11 Å². The zero-order valence-corrected chi connectivity index (χ0v) is 8.14. The fourth-order valence-electron chi connectivity index (χ4n) is 1.34. The molecule has 0 spiro atoms. The summed E-state index contributed by atoms with van der Waals surface area (Å²) in [5.41, 5.74) is -0.187. The molecule has 0 amide bonds. The van der Waals surface area contributed by atoms with Crippen LogP contribution in [0.1, 0.15) is 26.3 Å². The van der Waals surface area contributed by atoms with Crippen LogP contribution in [0.3, 0.4) is 0 Å². The Kier molecular flexibility index (Phi) is 2.87. The van der Waals surface area contributed by atoms with Crippen LogP contribution in [-0.2, 0) is 7.05 Å². The molecule has 0 fully saturated rings. The van der Waals surface area contributed by atoms with Gasteiger partial charge in [0.1, 0.15) is 6.33 Å². The Morgan fingerprint density at radius 2 is 2.31 bits per heavy atom. The number of rotatable bonds is 3. The molecule has 74 valence electrons. The average Bonchev–Trinajstić information content (AvgIpc) is 2.37. The molecule has 0 saturated heterocycles. The number of aryl methyl sites for hydroxylation is 1. The second kappa shape index (κ2) is 3.74. The first-order valence-electron chi connectivity index (χ1n) is 4.36. The Bertz CT molecular complexity index is 326. The third kappa shape index (κ3) is 1.80. The zero-order valence-electron chi connectivity index (χ0n) is 8.14. The lowest BCUT2D eigenvalue weighted by atomic mass is 10.1. The molecule has 0 aliphatic carbocycles. The fraction of sp³-hybridized carbons (Fsp3) is 0.750. The van der Waals surface area contributed by atoms with Crippen LogP contribution in [-0.4, -0.2) is 25.6 Å². The lowest BCUT2D eigenvalue weighted by molar-refractivity contribution is 0.118. The molecule has 0 aliphatic rings. The number of aliphatic hydroxyl groups is 1. The molecule has 2 atom stereocenters. The first kappa shape index (κ1) is 9.98. The average molecular weight is 185 g/mol. The topological polar surface area (TPSA) is 60.0 Å². The summed E-state index contributed by atoms with van der Waals surface area (Å²) in [5, 5.41) is 13.3. The summed E-state index contributed by atoms with van der Waals surface area (Å²) in [5.74, 6) is 0. The van der Waals surface area contributed by atoms with Gasteiger partial charge in [-0.05, 0) is 13.3 Å². The maximum absolute atomic E-state index is 11.4. The van der Waals surface area contributed by atoms with E-state index in [0.29, 0.717) is 6.42 Å². The minimum atomic E-state index is -0.558. The SMILES string of the molecule is CC[C@@H]([C@@H](C)O)n1ncn(C)c1=O. The normalized spacial score (nSPS) is 15.7. The van der Waals surface area contributed by atoms with E-state index in [-0.39, 0.29) is 11.7 Å². The van der Waals surface area contributed by atoms with E-state index in [1.54, 1.807) is 14.0 Å². The van der Waals surface area contributed by atoms with Crippen molar-refractivity contribution in [1.29, 1.82) is 0 Å². The van der Waals surface area contributed by atoms with E-state index >= 15 is 0 Å². The molecule has 0 bridgehead atoms. The summed E-state index contributed by atoms with van der Waals surface area (Å²) in [7, 11) is 1.64. The number of hydrogen-bond donors (Lipinski definition) is 1. The van der Waals surface area contributed by atoms with Crippen molar-refractivity contribution >= 4 is 0 Å². The van der Waals surface area contributed by atoms with Gasteiger partial charge in [-0.1, -0.05) is 6.92 Å². The Balaban J connectivity index is 3.05. The van der Waals surface area contributed by atoms with Crippen LogP contribution in [0.5, 0.6) is 0 Å². The van der Waals surface area contributed by atoms with Gasteiger partial charge in [-0.15, -0.1) is 0 Å². The molecule has 0 radical (unpaired) electrons. The number of nitrogens with zero attached hydrogens (tertiary/aromatic N) is 3. The molecular weight excluding hydrogens is 170 g/mol. The highest BCUT2D eigenvalue weighted by atomic mass is 16.3. The van der Waals surface area contributed by atoms with Crippen LogP contribution >= 0.6 is 0 Å². The van der Waals surface area contributed by atoms with Crippen LogP contribution < -0.4 is 5.69 Å². The summed E-state index contributed by atoms with van der Waals surface area (Å²) in [4.78, 5) is 11.4. The van der Waals surface area contributed by atoms with Gasteiger partial charge < -0.3 is 5.11 Å². The molecule has 1 aromatic heterocycles. The van der Waals surface area contributed by atoms with Crippen LogP contribution in [0.4, 0.5) is 0 Å². The first-order chi connectivity index (χ1) is 6.07. The smallest absolute Gasteiger partial charge is 0.345 e. The van der Waals surface area contributed by atoms with Gasteiger partial charge in [0.15, 0.2) is 0 Å². The molecular formula is C8H15N3O2. The Morgan fingerprint density at radius 3 is 2.62 bits per heavy atom. The number of aromatic nitrogens is 3. The van der Waals surface area contributed by atoms with Gasteiger partial charge in [0, 0.05) is 7.05 Å². The van der Waals surface area contributed by atoms with Crippen LogP contribution in [0, 0.1) is 0 Å². The molecule has 0 aliphatic heterocycles. The lowest BCUT2D eigenvalue weighted by Crippen LogP contribution is -2.32. The molecule has 0 unspecified atom stereocenters. The van der Waals surface area contributed by atoms with E-state index in [0.717, 1.165) is 0 Å². The van der Waals surface area contributed by atoms with Crippen molar-refractivity contribution in [2.75, 3.05) is 0 Å². The summed E-state index contributed by atoms with van der Waals surface area (Å²) < 4.78 is 2.72. The van der Waals surface area contributed by atoms with Crippen LogP contribution in [0.2, 0.25) is 0 Å². The first-order valence-corrected chi connectivity index (χ1v) is 4.36. The fourth-order valence-corrected chi connectivity index (χ4v) is 1.34. The van der Waals surface area contributed by atoms with Crippen LogP contribution in [0.25, 0.3) is 0 Å². The monoisotopic (exact) mass is 185 g/mol. The maximum atomic E-state index is 11.4. The maximum Gasteiger partial charge on any atom is 0.345 e. The van der Waals surface area contributed by atoms with Crippen molar-refractivity contribution in [3.63, 3.8) is 0 Å². The van der Waals surface area contributed by atoms with E-state index in [2.05, 4.69) is 5.10 Å². The molecule has 1 heterocycles. The van der Waals surface area contributed by atoms with Crippen LogP contribution in [0.15, 0.2) is 11.1 Å². The lowest BCUT2D eigenvalue weighted by Gasteiger charge is -2.16. The molecule has 0 aromatic carbocycles. The van der Waals surface area contributed by atoms with Gasteiger partial charge in [0.05, 0.1) is 12.1 Å².